The van der Waals surface area contributed by atoms with Crippen LogP contribution < -0.4 is 5.32 Å². The summed E-state index contributed by atoms with van der Waals surface area (Å²) in [6, 6.07) is 0. The summed E-state index contributed by atoms with van der Waals surface area (Å²) in [6.07, 6.45) is 2.66. The largest absolute Gasteiger partial charge is 0.315 e. The van der Waals surface area contributed by atoms with Crippen LogP contribution in [0.25, 0.3) is 0 Å². The maximum Gasteiger partial charge on any atom is 0.0101 e. The van der Waals surface area contributed by atoms with E-state index in [0.29, 0.717) is 5.41 Å². The zero-order valence-corrected chi connectivity index (χ0v) is 10.8. The molecular weight excluding hydrogens is 186 g/mol. The summed E-state index contributed by atoms with van der Waals surface area (Å²) in [5.74, 6) is 0. The number of hydrogen-bond acceptors (Lipinski definition) is 3. The number of piperidine rings is 1. The Morgan fingerprint density at radius 2 is 1.87 bits per heavy atom. The first kappa shape index (κ1) is 12.9. The van der Waals surface area contributed by atoms with Crippen LogP contribution in [0.1, 0.15) is 19.8 Å². The third kappa shape index (κ3) is 4.96. The Balaban J connectivity index is 2.14. The van der Waals surface area contributed by atoms with Crippen LogP contribution in [-0.4, -0.2) is 63.7 Å². The fourth-order valence-electron chi connectivity index (χ4n) is 2.03. The van der Waals surface area contributed by atoms with Gasteiger partial charge in [-0.25, -0.2) is 0 Å². The van der Waals surface area contributed by atoms with Crippen molar-refractivity contribution >= 4 is 0 Å². The highest BCUT2D eigenvalue weighted by atomic mass is 15.1. The maximum atomic E-state index is 3.58. The van der Waals surface area contributed by atoms with Gasteiger partial charge in [0.2, 0.25) is 0 Å². The number of nitrogens with zero attached hydrogens (tertiary/aromatic N) is 2. The number of hydrogen-bond donors (Lipinski definition) is 1. The van der Waals surface area contributed by atoms with Gasteiger partial charge in [-0.2, -0.15) is 0 Å². The van der Waals surface area contributed by atoms with Gasteiger partial charge in [0.1, 0.15) is 0 Å². The van der Waals surface area contributed by atoms with Gasteiger partial charge in [0, 0.05) is 19.6 Å². The molecule has 0 saturated carbocycles. The molecule has 1 aliphatic heterocycles. The first-order valence-corrected chi connectivity index (χ1v) is 6.06. The average molecular weight is 213 g/mol. The van der Waals surface area contributed by atoms with E-state index >= 15 is 0 Å². The highest BCUT2D eigenvalue weighted by Crippen LogP contribution is 2.29. The fourth-order valence-corrected chi connectivity index (χ4v) is 2.03. The van der Waals surface area contributed by atoms with Crippen molar-refractivity contribution in [3.63, 3.8) is 0 Å². The van der Waals surface area contributed by atoms with Gasteiger partial charge in [0.15, 0.2) is 0 Å². The molecule has 1 saturated heterocycles. The summed E-state index contributed by atoms with van der Waals surface area (Å²) >= 11 is 0. The third-order valence-corrected chi connectivity index (χ3v) is 3.48. The van der Waals surface area contributed by atoms with Crippen LogP contribution in [0.4, 0.5) is 0 Å². The van der Waals surface area contributed by atoms with Crippen LogP contribution in [-0.2, 0) is 0 Å². The van der Waals surface area contributed by atoms with Gasteiger partial charge in [-0.05, 0) is 52.5 Å². The molecule has 0 spiro atoms. The maximum absolute atomic E-state index is 3.58. The molecule has 0 radical (unpaired) electrons. The monoisotopic (exact) mass is 213 g/mol. The number of likely N-dealkylation sites (N-methyl/N-ethyl adjacent to an activating group) is 1. The molecule has 0 aromatic rings. The van der Waals surface area contributed by atoms with E-state index in [1.807, 2.05) is 0 Å². The molecular formula is C12H27N3. The summed E-state index contributed by atoms with van der Waals surface area (Å²) in [7, 11) is 6.47. The molecule has 1 fully saturated rings. The van der Waals surface area contributed by atoms with E-state index in [4.69, 9.17) is 0 Å². The molecule has 1 heterocycles. The fraction of sp³-hybridized carbons (Fsp3) is 1.00. The number of likely N-dealkylation sites (tertiary alicyclic amines) is 1. The standard InChI is InChI=1S/C12H27N3/c1-12(5-8-15(4)9-6-12)11-13-7-10-14(2)3/h13H,5-11H2,1-4H3. The second-order valence-electron chi connectivity index (χ2n) is 5.59. The number of nitrogens with one attached hydrogen (secondary N) is 1. The van der Waals surface area contributed by atoms with Crippen LogP contribution in [0.2, 0.25) is 0 Å². The molecule has 15 heavy (non-hydrogen) atoms. The van der Waals surface area contributed by atoms with Crippen LogP contribution in [0, 0.1) is 5.41 Å². The van der Waals surface area contributed by atoms with Crippen molar-refractivity contribution in [3.8, 4) is 0 Å². The molecule has 0 atom stereocenters. The van der Waals surface area contributed by atoms with Crippen molar-refractivity contribution in [2.75, 3.05) is 53.9 Å². The third-order valence-electron chi connectivity index (χ3n) is 3.48. The van der Waals surface area contributed by atoms with Crippen LogP contribution in [0.5, 0.6) is 0 Å². The summed E-state index contributed by atoms with van der Waals surface area (Å²) < 4.78 is 0. The minimum atomic E-state index is 0.527. The van der Waals surface area contributed by atoms with Gasteiger partial charge >= 0.3 is 0 Å². The molecule has 1 rings (SSSR count). The van der Waals surface area contributed by atoms with Crippen molar-refractivity contribution in [1.29, 1.82) is 0 Å². The second-order valence-corrected chi connectivity index (χ2v) is 5.59. The molecule has 0 aromatic carbocycles. The van der Waals surface area contributed by atoms with Gasteiger partial charge in [0.05, 0.1) is 0 Å². The van der Waals surface area contributed by atoms with Crippen molar-refractivity contribution < 1.29 is 0 Å². The topological polar surface area (TPSA) is 18.5 Å². The highest BCUT2D eigenvalue weighted by Gasteiger charge is 2.27. The lowest BCUT2D eigenvalue weighted by atomic mass is 9.80. The molecule has 0 unspecified atom stereocenters. The zero-order chi connectivity index (χ0) is 11.3. The van der Waals surface area contributed by atoms with E-state index in [2.05, 4.69) is 43.2 Å². The Hall–Kier alpha value is -0.120. The Morgan fingerprint density at radius 1 is 1.27 bits per heavy atom. The smallest absolute Gasteiger partial charge is 0.0101 e. The van der Waals surface area contributed by atoms with Gasteiger partial charge in [-0.3, -0.25) is 0 Å². The molecule has 0 aromatic heterocycles. The van der Waals surface area contributed by atoms with Gasteiger partial charge in [-0.1, -0.05) is 6.92 Å². The van der Waals surface area contributed by atoms with Crippen LogP contribution in [0.15, 0.2) is 0 Å². The quantitative estimate of drug-likeness (QED) is 0.684. The molecule has 90 valence electrons. The summed E-state index contributed by atoms with van der Waals surface area (Å²) in [4.78, 5) is 4.66. The zero-order valence-electron chi connectivity index (χ0n) is 10.8. The van der Waals surface area contributed by atoms with E-state index in [1.165, 1.54) is 32.5 Å². The SMILES string of the molecule is CN(C)CCNCC1(C)CCN(C)CC1. The molecule has 0 aliphatic carbocycles. The predicted molar refractivity (Wildman–Crippen MR) is 66.3 cm³/mol. The molecule has 0 amide bonds. The van der Waals surface area contributed by atoms with Crippen molar-refractivity contribution in [3.05, 3.63) is 0 Å². The molecule has 3 heteroatoms. The minimum absolute atomic E-state index is 0.527. The summed E-state index contributed by atoms with van der Waals surface area (Å²) in [5, 5.41) is 3.58. The van der Waals surface area contributed by atoms with E-state index in [1.54, 1.807) is 0 Å². The van der Waals surface area contributed by atoms with Crippen molar-refractivity contribution in [2.24, 2.45) is 5.41 Å². The first-order valence-electron chi connectivity index (χ1n) is 6.06. The first-order chi connectivity index (χ1) is 7.02. The van der Waals surface area contributed by atoms with Gasteiger partial charge < -0.3 is 15.1 Å². The van der Waals surface area contributed by atoms with Crippen molar-refractivity contribution in [1.82, 2.24) is 15.1 Å². The van der Waals surface area contributed by atoms with Crippen LogP contribution >= 0.6 is 0 Å². The summed E-state index contributed by atoms with van der Waals surface area (Å²) in [6.45, 7) is 8.35. The van der Waals surface area contributed by atoms with Crippen LogP contribution in [0.3, 0.4) is 0 Å². The van der Waals surface area contributed by atoms with E-state index in [0.717, 1.165) is 13.1 Å². The lowest BCUT2D eigenvalue weighted by Gasteiger charge is -2.38. The highest BCUT2D eigenvalue weighted by molar-refractivity contribution is 4.83. The Morgan fingerprint density at radius 3 is 2.40 bits per heavy atom. The molecule has 1 aliphatic rings. The molecule has 1 N–H and O–H groups in total. The average Bonchev–Trinajstić information content (AvgIpc) is 2.18. The van der Waals surface area contributed by atoms with E-state index in [9.17, 15) is 0 Å². The van der Waals surface area contributed by atoms with E-state index < -0.39 is 0 Å². The molecule has 3 nitrogen and oxygen atoms in total. The summed E-state index contributed by atoms with van der Waals surface area (Å²) in [5.41, 5.74) is 0.527. The van der Waals surface area contributed by atoms with Crippen molar-refractivity contribution in [2.45, 2.75) is 19.8 Å². The van der Waals surface area contributed by atoms with Gasteiger partial charge in [0.25, 0.3) is 0 Å². The van der Waals surface area contributed by atoms with Gasteiger partial charge in [-0.15, -0.1) is 0 Å². The second kappa shape index (κ2) is 5.83. The Kier molecular flexibility index (Phi) is 5.03. The lowest BCUT2D eigenvalue weighted by molar-refractivity contribution is 0.136. The molecule has 0 bridgehead atoms. The predicted octanol–water partition coefficient (Wildman–Crippen LogP) is 0.870. The minimum Gasteiger partial charge on any atom is -0.315 e. The normalized spacial score (nSPS) is 22.2. The van der Waals surface area contributed by atoms with E-state index in [-0.39, 0.29) is 0 Å². The Labute approximate surface area is 94.8 Å². The number of rotatable bonds is 5. The Bertz CT molecular complexity index is 172. The lowest BCUT2D eigenvalue weighted by Crippen LogP contribution is -2.43.